The smallest absolute Gasteiger partial charge is 0.243 e. The number of ether oxygens (including phenoxy) is 3. The molecule has 2 aromatic rings. The number of rotatable bonds is 12. The molecule has 0 aromatic heterocycles. The molecule has 0 aliphatic heterocycles. The van der Waals surface area contributed by atoms with Gasteiger partial charge in [-0.25, -0.2) is 0 Å². The Morgan fingerprint density at radius 1 is 1.00 bits per heavy atom. The van der Waals surface area contributed by atoms with Gasteiger partial charge in [0.05, 0.1) is 25.4 Å². The first kappa shape index (κ1) is 20.6. The van der Waals surface area contributed by atoms with Crippen molar-refractivity contribution < 1.29 is 19.0 Å². The van der Waals surface area contributed by atoms with Crippen molar-refractivity contribution in [3.63, 3.8) is 0 Å². The zero-order valence-corrected chi connectivity index (χ0v) is 16.0. The number of amides is 1. The molecule has 0 spiro atoms. The van der Waals surface area contributed by atoms with Crippen molar-refractivity contribution in [2.75, 3.05) is 44.1 Å². The molecular weight excluding hydrogens is 344 g/mol. The average molecular weight is 372 g/mol. The van der Waals surface area contributed by atoms with Crippen LogP contribution >= 0.6 is 0 Å². The zero-order valence-electron chi connectivity index (χ0n) is 16.0. The third kappa shape index (κ3) is 7.58. The molecule has 2 aromatic carbocycles. The van der Waals surface area contributed by atoms with Gasteiger partial charge in [0.15, 0.2) is 0 Å². The Bertz CT molecular complexity index is 706. The summed E-state index contributed by atoms with van der Waals surface area (Å²) in [7, 11) is 1.63. The Hall–Kier alpha value is -2.73. The lowest BCUT2D eigenvalue weighted by Crippen LogP contribution is -2.22. The lowest BCUT2D eigenvalue weighted by atomic mass is 10.2. The zero-order chi connectivity index (χ0) is 19.3. The third-order valence-corrected chi connectivity index (χ3v) is 3.76. The molecule has 0 fully saturated rings. The highest BCUT2D eigenvalue weighted by Gasteiger charge is 2.07. The summed E-state index contributed by atoms with van der Waals surface area (Å²) < 4.78 is 16.3. The number of para-hydroxylation sites is 2. The Labute approximate surface area is 160 Å². The molecule has 27 heavy (non-hydrogen) atoms. The Morgan fingerprint density at radius 2 is 1.85 bits per heavy atom. The first-order valence-corrected chi connectivity index (χ1v) is 9.20. The second-order valence-corrected chi connectivity index (χ2v) is 5.97. The standard InChI is InChI=1S/C21H28N2O4/c1-3-4-12-27-20-11-6-5-10-19(20)22-16-21(24)23-17-8-7-9-18(15-17)26-14-13-25-2/h5-11,15,22H,3-4,12-14,16H2,1-2H3,(H,23,24). The highest BCUT2D eigenvalue weighted by atomic mass is 16.5. The molecule has 0 saturated carbocycles. The highest BCUT2D eigenvalue weighted by molar-refractivity contribution is 5.94. The van der Waals surface area contributed by atoms with E-state index in [0.717, 1.165) is 24.3 Å². The maximum Gasteiger partial charge on any atom is 0.243 e. The van der Waals surface area contributed by atoms with E-state index < -0.39 is 0 Å². The van der Waals surface area contributed by atoms with E-state index in [-0.39, 0.29) is 12.5 Å². The van der Waals surface area contributed by atoms with Crippen LogP contribution in [0.5, 0.6) is 11.5 Å². The van der Waals surface area contributed by atoms with E-state index in [1.54, 1.807) is 13.2 Å². The largest absolute Gasteiger partial charge is 0.491 e. The molecule has 0 radical (unpaired) electrons. The fraction of sp³-hybridized carbons (Fsp3) is 0.381. The van der Waals surface area contributed by atoms with E-state index in [1.165, 1.54) is 0 Å². The number of nitrogens with one attached hydrogen (secondary N) is 2. The van der Waals surface area contributed by atoms with Crippen LogP contribution in [0.1, 0.15) is 19.8 Å². The normalized spacial score (nSPS) is 10.3. The first-order valence-electron chi connectivity index (χ1n) is 9.20. The van der Waals surface area contributed by atoms with Crippen LogP contribution in [0, 0.1) is 0 Å². The summed E-state index contributed by atoms with van der Waals surface area (Å²) >= 11 is 0. The number of anilines is 2. The summed E-state index contributed by atoms with van der Waals surface area (Å²) in [5.74, 6) is 1.30. The van der Waals surface area contributed by atoms with E-state index in [2.05, 4.69) is 17.6 Å². The van der Waals surface area contributed by atoms with E-state index in [0.29, 0.717) is 31.3 Å². The molecular formula is C21H28N2O4. The first-order chi connectivity index (χ1) is 13.2. The van der Waals surface area contributed by atoms with Crippen LogP contribution in [0.4, 0.5) is 11.4 Å². The maximum absolute atomic E-state index is 12.3. The van der Waals surface area contributed by atoms with E-state index in [9.17, 15) is 4.79 Å². The molecule has 0 saturated heterocycles. The second kappa shape index (κ2) is 11.8. The SMILES string of the molecule is CCCCOc1ccccc1NCC(=O)Nc1cccc(OCCOC)c1. The molecule has 2 N–H and O–H groups in total. The molecule has 0 bridgehead atoms. The van der Waals surface area contributed by atoms with E-state index >= 15 is 0 Å². The molecule has 0 aliphatic carbocycles. The van der Waals surface area contributed by atoms with Crippen LogP contribution in [0.3, 0.4) is 0 Å². The summed E-state index contributed by atoms with van der Waals surface area (Å²) in [6, 6.07) is 14.9. The minimum absolute atomic E-state index is 0.142. The number of hydrogen-bond donors (Lipinski definition) is 2. The van der Waals surface area contributed by atoms with Crippen LogP contribution in [0.25, 0.3) is 0 Å². The summed E-state index contributed by atoms with van der Waals surface area (Å²) in [6.07, 6.45) is 2.07. The van der Waals surface area contributed by atoms with Gasteiger partial charge in [-0.05, 0) is 30.7 Å². The molecule has 0 unspecified atom stereocenters. The fourth-order valence-corrected chi connectivity index (χ4v) is 2.35. The van der Waals surface area contributed by atoms with Crippen molar-refractivity contribution in [3.8, 4) is 11.5 Å². The predicted molar refractivity (Wildman–Crippen MR) is 108 cm³/mol. The Kier molecular flexibility index (Phi) is 9.00. The quantitative estimate of drug-likeness (QED) is 0.552. The number of methoxy groups -OCH3 is 1. The van der Waals surface area contributed by atoms with Crippen molar-refractivity contribution in [3.05, 3.63) is 48.5 Å². The summed E-state index contributed by atoms with van der Waals surface area (Å²) in [5, 5.41) is 5.99. The van der Waals surface area contributed by atoms with Crippen molar-refractivity contribution >= 4 is 17.3 Å². The number of benzene rings is 2. The van der Waals surface area contributed by atoms with Gasteiger partial charge in [0.2, 0.25) is 5.91 Å². The number of carbonyl (C=O) groups is 1. The Balaban J connectivity index is 1.85. The minimum atomic E-state index is -0.146. The molecule has 0 aliphatic rings. The maximum atomic E-state index is 12.3. The topological polar surface area (TPSA) is 68.8 Å². The highest BCUT2D eigenvalue weighted by Crippen LogP contribution is 2.24. The second-order valence-electron chi connectivity index (χ2n) is 5.97. The lowest BCUT2D eigenvalue weighted by molar-refractivity contribution is -0.114. The van der Waals surface area contributed by atoms with Gasteiger partial charge in [-0.1, -0.05) is 31.5 Å². The van der Waals surface area contributed by atoms with Gasteiger partial charge in [-0.15, -0.1) is 0 Å². The molecule has 6 nitrogen and oxygen atoms in total. The molecule has 2 rings (SSSR count). The summed E-state index contributed by atoms with van der Waals surface area (Å²) in [4.78, 5) is 12.3. The lowest BCUT2D eigenvalue weighted by Gasteiger charge is -2.13. The molecule has 6 heteroatoms. The fourth-order valence-electron chi connectivity index (χ4n) is 2.35. The van der Waals surface area contributed by atoms with Crippen molar-refractivity contribution in [1.29, 1.82) is 0 Å². The van der Waals surface area contributed by atoms with Crippen LogP contribution in [-0.2, 0) is 9.53 Å². The van der Waals surface area contributed by atoms with Gasteiger partial charge in [-0.3, -0.25) is 4.79 Å². The van der Waals surface area contributed by atoms with Crippen molar-refractivity contribution in [2.45, 2.75) is 19.8 Å². The van der Waals surface area contributed by atoms with Gasteiger partial charge in [0.1, 0.15) is 18.1 Å². The molecule has 146 valence electrons. The van der Waals surface area contributed by atoms with E-state index in [4.69, 9.17) is 14.2 Å². The minimum Gasteiger partial charge on any atom is -0.491 e. The van der Waals surface area contributed by atoms with Gasteiger partial charge in [0.25, 0.3) is 0 Å². The monoisotopic (exact) mass is 372 g/mol. The number of unbranched alkanes of at least 4 members (excludes halogenated alkanes) is 1. The third-order valence-electron chi connectivity index (χ3n) is 3.76. The number of carbonyl (C=O) groups excluding carboxylic acids is 1. The molecule has 0 atom stereocenters. The van der Waals surface area contributed by atoms with Crippen LogP contribution in [0.15, 0.2) is 48.5 Å². The van der Waals surface area contributed by atoms with Crippen molar-refractivity contribution in [1.82, 2.24) is 0 Å². The molecule has 0 heterocycles. The van der Waals surface area contributed by atoms with Crippen LogP contribution in [-0.4, -0.2) is 39.4 Å². The van der Waals surface area contributed by atoms with Crippen LogP contribution in [0.2, 0.25) is 0 Å². The number of hydrogen-bond acceptors (Lipinski definition) is 5. The van der Waals surface area contributed by atoms with E-state index in [1.807, 2.05) is 42.5 Å². The summed E-state index contributed by atoms with van der Waals surface area (Å²) in [5.41, 5.74) is 1.49. The Morgan fingerprint density at radius 3 is 2.67 bits per heavy atom. The van der Waals surface area contributed by atoms with Gasteiger partial charge < -0.3 is 24.8 Å². The predicted octanol–water partition coefficient (Wildman–Crippen LogP) is 3.94. The van der Waals surface area contributed by atoms with Gasteiger partial charge >= 0.3 is 0 Å². The molecule has 1 amide bonds. The summed E-state index contributed by atoms with van der Waals surface area (Å²) in [6.45, 7) is 3.90. The van der Waals surface area contributed by atoms with Crippen molar-refractivity contribution in [2.24, 2.45) is 0 Å². The average Bonchev–Trinajstić information content (AvgIpc) is 2.68. The van der Waals surface area contributed by atoms with Gasteiger partial charge in [0, 0.05) is 18.9 Å². The van der Waals surface area contributed by atoms with Crippen LogP contribution < -0.4 is 20.1 Å². The van der Waals surface area contributed by atoms with Gasteiger partial charge in [-0.2, -0.15) is 0 Å².